The Hall–Kier alpha value is -2.91. The summed E-state index contributed by atoms with van der Waals surface area (Å²) in [5.41, 5.74) is 0.576. The first kappa shape index (κ1) is 21.8. The van der Waals surface area contributed by atoms with Crippen LogP contribution in [0, 0.1) is 0 Å². The Morgan fingerprint density at radius 2 is 1.80 bits per heavy atom. The number of carbonyl (C=O) groups is 2. The van der Waals surface area contributed by atoms with Crippen LogP contribution in [0.2, 0.25) is 0 Å². The van der Waals surface area contributed by atoms with Crippen LogP contribution in [0.15, 0.2) is 59.5 Å². The summed E-state index contributed by atoms with van der Waals surface area (Å²) in [4.78, 5) is 24.9. The Balaban J connectivity index is 1.56. The minimum atomic E-state index is -3.77. The van der Waals surface area contributed by atoms with E-state index < -0.39 is 27.9 Å². The highest BCUT2D eigenvalue weighted by Crippen LogP contribution is 2.26. The molecule has 30 heavy (non-hydrogen) atoms. The Labute approximate surface area is 176 Å². The van der Waals surface area contributed by atoms with E-state index >= 15 is 0 Å². The van der Waals surface area contributed by atoms with Gasteiger partial charge in [-0.2, -0.15) is 4.31 Å². The van der Waals surface area contributed by atoms with Gasteiger partial charge in [0.25, 0.3) is 0 Å². The van der Waals surface area contributed by atoms with Crippen molar-refractivity contribution in [2.75, 3.05) is 25.0 Å². The summed E-state index contributed by atoms with van der Waals surface area (Å²) in [5.74, 6) is -0.179. The number of anilines is 1. The van der Waals surface area contributed by atoms with Gasteiger partial charge in [-0.25, -0.2) is 8.42 Å². The van der Waals surface area contributed by atoms with Crippen molar-refractivity contribution >= 4 is 27.5 Å². The second kappa shape index (κ2) is 9.73. The number of ether oxygens (including phenoxy) is 1. The maximum Gasteiger partial charge on any atom is 0.243 e. The Morgan fingerprint density at radius 3 is 2.47 bits per heavy atom. The highest BCUT2D eigenvalue weighted by molar-refractivity contribution is 7.89. The molecule has 0 aliphatic carbocycles. The fraction of sp³-hybridized carbons (Fsp3) is 0.333. The van der Waals surface area contributed by atoms with Gasteiger partial charge in [-0.15, -0.1) is 0 Å². The van der Waals surface area contributed by atoms with Gasteiger partial charge in [0.15, 0.2) is 0 Å². The molecule has 0 bridgehead atoms. The quantitative estimate of drug-likeness (QED) is 0.665. The topological polar surface area (TPSA) is 105 Å². The van der Waals surface area contributed by atoms with E-state index in [0.29, 0.717) is 30.9 Å². The van der Waals surface area contributed by atoms with Crippen molar-refractivity contribution < 1.29 is 22.7 Å². The molecule has 2 amide bonds. The Kier molecular flexibility index (Phi) is 7.07. The van der Waals surface area contributed by atoms with Gasteiger partial charge in [0.2, 0.25) is 21.8 Å². The molecular formula is C21H25N3O5S. The largest absolute Gasteiger partial charge is 0.494 e. The zero-order chi connectivity index (χ0) is 21.6. The van der Waals surface area contributed by atoms with Crippen molar-refractivity contribution in [3.05, 3.63) is 54.6 Å². The second-order valence-electron chi connectivity index (χ2n) is 6.81. The van der Waals surface area contributed by atoms with Crippen LogP contribution in [0.25, 0.3) is 0 Å². The fourth-order valence-electron chi connectivity index (χ4n) is 3.31. The molecule has 1 aliphatic heterocycles. The molecule has 9 heteroatoms. The number of amides is 2. The van der Waals surface area contributed by atoms with Crippen molar-refractivity contribution in [2.24, 2.45) is 0 Å². The van der Waals surface area contributed by atoms with E-state index in [1.807, 2.05) is 6.92 Å². The lowest BCUT2D eigenvalue weighted by atomic mass is 10.2. The van der Waals surface area contributed by atoms with Crippen LogP contribution >= 0.6 is 0 Å². The van der Waals surface area contributed by atoms with Crippen LogP contribution in [0.1, 0.15) is 19.8 Å². The number of nitrogens with zero attached hydrogens (tertiary/aromatic N) is 1. The first-order valence-electron chi connectivity index (χ1n) is 9.79. The average Bonchev–Trinajstić information content (AvgIpc) is 3.25. The number of rotatable bonds is 8. The lowest BCUT2D eigenvalue weighted by molar-refractivity contribution is -0.126. The lowest BCUT2D eigenvalue weighted by Crippen LogP contribution is -2.47. The number of carbonyl (C=O) groups excluding carboxylic acids is 2. The number of hydrogen-bond donors (Lipinski definition) is 2. The first-order valence-corrected chi connectivity index (χ1v) is 11.2. The number of nitrogens with one attached hydrogen (secondary N) is 2. The number of hydrogen-bond acceptors (Lipinski definition) is 5. The summed E-state index contributed by atoms with van der Waals surface area (Å²) in [6.07, 6.45) is 1.00. The van der Waals surface area contributed by atoms with Gasteiger partial charge in [0, 0.05) is 12.2 Å². The highest BCUT2D eigenvalue weighted by Gasteiger charge is 2.39. The maximum atomic E-state index is 12.9. The number of sulfonamides is 1. The van der Waals surface area contributed by atoms with Gasteiger partial charge in [0.05, 0.1) is 18.0 Å². The van der Waals surface area contributed by atoms with Gasteiger partial charge in [-0.1, -0.05) is 18.2 Å². The number of benzene rings is 2. The van der Waals surface area contributed by atoms with Gasteiger partial charge in [0.1, 0.15) is 11.8 Å². The minimum absolute atomic E-state index is 0.151. The van der Waals surface area contributed by atoms with Gasteiger partial charge < -0.3 is 15.4 Å². The molecule has 1 saturated heterocycles. The molecule has 0 aromatic heterocycles. The van der Waals surface area contributed by atoms with Crippen molar-refractivity contribution in [2.45, 2.75) is 30.7 Å². The summed E-state index contributed by atoms with van der Waals surface area (Å²) in [6, 6.07) is 14.1. The predicted octanol–water partition coefficient (Wildman–Crippen LogP) is 1.99. The summed E-state index contributed by atoms with van der Waals surface area (Å²) in [5, 5.41) is 5.23. The van der Waals surface area contributed by atoms with Crippen molar-refractivity contribution in [1.82, 2.24) is 9.62 Å². The van der Waals surface area contributed by atoms with E-state index in [1.54, 1.807) is 42.5 Å². The van der Waals surface area contributed by atoms with E-state index in [4.69, 9.17) is 4.74 Å². The van der Waals surface area contributed by atoms with Crippen LogP contribution in [-0.2, 0) is 19.6 Å². The van der Waals surface area contributed by atoms with Crippen LogP contribution in [0.4, 0.5) is 5.69 Å². The third-order valence-corrected chi connectivity index (χ3v) is 6.65. The Morgan fingerprint density at radius 1 is 1.10 bits per heavy atom. The average molecular weight is 432 g/mol. The Bertz CT molecular complexity index is 977. The van der Waals surface area contributed by atoms with Gasteiger partial charge in [-0.3, -0.25) is 9.59 Å². The first-order chi connectivity index (χ1) is 14.4. The molecule has 1 aliphatic rings. The molecule has 1 heterocycles. The molecule has 160 valence electrons. The smallest absolute Gasteiger partial charge is 0.243 e. The molecule has 1 fully saturated rings. The lowest BCUT2D eigenvalue weighted by Gasteiger charge is -2.23. The molecule has 0 saturated carbocycles. The predicted molar refractivity (Wildman–Crippen MR) is 113 cm³/mol. The standard InChI is InChI=1S/C21H25N3O5S/c1-2-29-17-12-10-16(11-13-17)23-20(25)15-22-21(26)19-9-6-14-24(19)30(27,28)18-7-4-3-5-8-18/h3-5,7-8,10-13,19H,2,6,9,14-15H2,1H3,(H,22,26)(H,23,25). The molecular weight excluding hydrogens is 406 g/mol. The van der Waals surface area contributed by atoms with Crippen molar-refractivity contribution in [3.8, 4) is 5.75 Å². The van der Waals surface area contributed by atoms with E-state index in [0.717, 1.165) is 0 Å². The summed E-state index contributed by atoms with van der Waals surface area (Å²) in [6.45, 7) is 2.46. The second-order valence-corrected chi connectivity index (χ2v) is 8.70. The zero-order valence-corrected chi connectivity index (χ0v) is 17.5. The molecule has 0 radical (unpaired) electrons. The van der Waals surface area contributed by atoms with E-state index in [9.17, 15) is 18.0 Å². The van der Waals surface area contributed by atoms with Crippen LogP contribution < -0.4 is 15.4 Å². The van der Waals surface area contributed by atoms with E-state index in [2.05, 4.69) is 10.6 Å². The van der Waals surface area contributed by atoms with Gasteiger partial charge in [-0.05, 0) is 56.2 Å². The van der Waals surface area contributed by atoms with Crippen molar-refractivity contribution in [3.63, 3.8) is 0 Å². The highest BCUT2D eigenvalue weighted by atomic mass is 32.2. The summed E-state index contributed by atoms with van der Waals surface area (Å²) in [7, 11) is -3.77. The zero-order valence-electron chi connectivity index (χ0n) is 16.7. The molecule has 0 spiro atoms. The molecule has 1 atom stereocenters. The van der Waals surface area contributed by atoms with Crippen molar-refractivity contribution in [1.29, 1.82) is 0 Å². The molecule has 1 unspecified atom stereocenters. The minimum Gasteiger partial charge on any atom is -0.494 e. The van der Waals surface area contributed by atoms with Gasteiger partial charge >= 0.3 is 0 Å². The summed E-state index contributed by atoms with van der Waals surface area (Å²) >= 11 is 0. The van der Waals surface area contributed by atoms with E-state index in [-0.39, 0.29) is 18.0 Å². The van der Waals surface area contributed by atoms with Crippen LogP contribution in [0.5, 0.6) is 5.75 Å². The third kappa shape index (κ3) is 5.17. The molecule has 2 aromatic rings. The normalized spacial score (nSPS) is 16.8. The van der Waals surface area contributed by atoms with Crippen LogP contribution in [0.3, 0.4) is 0 Å². The molecule has 2 N–H and O–H groups in total. The maximum absolute atomic E-state index is 12.9. The monoisotopic (exact) mass is 431 g/mol. The molecule has 8 nitrogen and oxygen atoms in total. The molecule has 3 rings (SSSR count). The molecule has 2 aromatic carbocycles. The fourth-order valence-corrected chi connectivity index (χ4v) is 4.99. The summed E-state index contributed by atoms with van der Waals surface area (Å²) < 4.78 is 32.3. The third-order valence-electron chi connectivity index (χ3n) is 4.73. The SMILES string of the molecule is CCOc1ccc(NC(=O)CNC(=O)C2CCCN2S(=O)(=O)c2ccccc2)cc1. The van der Waals surface area contributed by atoms with E-state index in [1.165, 1.54) is 16.4 Å². The van der Waals surface area contributed by atoms with Crippen LogP contribution in [-0.4, -0.2) is 50.3 Å².